The van der Waals surface area contributed by atoms with Crippen LogP contribution in [0, 0.1) is 5.92 Å². The second-order valence-corrected chi connectivity index (χ2v) is 7.50. The van der Waals surface area contributed by atoms with Gasteiger partial charge in [0.2, 0.25) is 5.91 Å². The molecule has 1 saturated heterocycles. The largest absolute Gasteiger partial charge is 0.451 e. The number of piperidine rings is 1. The fraction of sp³-hybridized carbons (Fsp3) is 0.500. The number of likely N-dealkylation sites (tertiary alicyclic amines) is 1. The van der Waals surface area contributed by atoms with Crippen molar-refractivity contribution in [3.63, 3.8) is 0 Å². The van der Waals surface area contributed by atoms with Crippen LogP contribution in [0.3, 0.4) is 0 Å². The summed E-state index contributed by atoms with van der Waals surface area (Å²) in [4.78, 5) is 62.7. The molecule has 1 aliphatic heterocycles. The lowest BCUT2D eigenvalue weighted by molar-refractivity contribution is -0.302. The van der Waals surface area contributed by atoms with Gasteiger partial charge in [0.15, 0.2) is 5.78 Å². The molecule has 2 rings (SSSR count). The first-order chi connectivity index (χ1) is 15.2. The minimum Gasteiger partial charge on any atom is -0.451 e. The molecule has 1 heterocycles. The number of amidine groups is 1. The van der Waals surface area contributed by atoms with Crippen molar-refractivity contribution in [3.05, 3.63) is 35.4 Å². The van der Waals surface area contributed by atoms with E-state index in [0.29, 0.717) is 37.1 Å². The number of carbonyl (C=O) groups is 4. The summed E-state index contributed by atoms with van der Waals surface area (Å²) >= 11 is 0. The van der Waals surface area contributed by atoms with Gasteiger partial charge in [-0.15, -0.1) is 0 Å². The zero-order chi connectivity index (χ0) is 23.7. The molecule has 1 unspecified atom stereocenters. The Hall–Kier alpha value is -3.27. The van der Waals surface area contributed by atoms with Crippen molar-refractivity contribution >= 4 is 29.6 Å². The van der Waals surface area contributed by atoms with Crippen LogP contribution in [-0.4, -0.2) is 60.8 Å². The lowest BCUT2D eigenvalue weighted by atomic mass is 9.96. The van der Waals surface area contributed by atoms with Crippen molar-refractivity contribution in [2.45, 2.75) is 45.6 Å². The van der Waals surface area contributed by atoms with Crippen LogP contribution in [0.1, 0.15) is 55.5 Å². The number of hydrogen-bond acceptors (Lipinski definition) is 7. The van der Waals surface area contributed by atoms with E-state index in [-0.39, 0.29) is 36.5 Å². The molecule has 1 aromatic rings. The van der Waals surface area contributed by atoms with Crippen LogP contribution >= 0.6 is 0 Å². The number of aliphatic imine (C=N–C) groups is 1. The molecule has 1 aromatic carbocycles. The number of amides is 2. The summed E-state index contributed by atoms with van der Waals surface area (Å²) in [5.41, 5.74) is 6.64. The molecule has 10 heteroatoms. The summed E-state index contributed by atoms with van der Waals surface area (Å²) in [5, 5.41) is 0. The minimum atomic E-state index is -0.812. The zero-order valence-corrected chi connectivity index (χ0v) is 18.5. The lowest BCUT2D eigenvalue weighted by Crippen LogP contribution is -2.43. The Morgan fingerprint density at radius 2 is 1.72 bits per heavy atom. The number of hydrogen-bond donors (Lipinski definition) is 1. The molecule has 0 aliphatic carbocycles. The van der Waals surface area contributed by atoms with E-state index >= 15 is 0 Å². The summed E-state index contributed by atoms with van der Waals surface area (Å²) in [7, 11) is 1.20. The van der Waals surface area contributed by atoms with Gasteiger partial charge in [0.1, 0.15) is 11.9 Å². The minimum absolute atomic E-state index is 0.0174. The standard InChI is InChI=1S/C22H29N3O7/c1-4-19(27)32-31-17-9-11-25(12-10-17)21(28)14(2)13-18(26)15-5-7-16(8-6-15)20(23)24-22(29)30-3/h5-8,14,17H,4,9-13H2,1-3H3,(H2,23,24,29). The van der Waals surface area contributed by atoms with Crippen LogP contribution in [0.15, 0.2) is 29.3 Å². The second-order valence-electron chi connectivity index (χ2n) is 7.50. The fourth-order valence-corrected chi connectivity index (χ4v) is 3.18. The highest BCUT2D eigenvalue weighted by Crippen LogP contribution is 2.19. The molecule has 2 N–H and O–H groups in total. The molecule has 2 amide bonds. The number of rotatable bonds is 8. The van der Waals surface area contributed by atoms with Crippen molar-refractivity contribution in [2.24, 2.45) is 16.6 Å². The highest BCUT2D eigenvalue weighted by molar-refractivity contribution is 6.04. The van der Waals surface area contributed by atoms with Crippen LogP contribution in [0.25, 0.3) is 0 Å². The maximum atomic E-state index is 12.7. The molecule has 174 valence electrons. The molecular formula is C22H29N3O7. The second kappa shape index (κ2) is 11.9. The molecule has 32 heavy (non-hydrogen) atoms. The van der Waals surface area contributed by atoms with Gasteiger partial charge >= 0.3 is 12.1 Å². The van der Waals surface area contributed by atoms with Crippen LogP contribution in [0.5, 0.6) is 0 Å². The summed E-state index contributed by atoms with van der Waals surface area (Å²) in [5.74, 6) is -1.21. The number of ketones is 1. The lowest BCUT2D eigenvalue weighted by Gasteiger charge is -2.32. The van der Waals surface area contributed by atoms with Crippen LogP contribution in [0.2, 0.25) is 0 Å². The van der Waals surface area contributed by atoms with Gasteiger partial charge in [0, 0.05) is 43.0 Å². The average molecular weight is 447 g/mol. The van der Waals surface area contributed by atoms with Gasteiger partial charge in [-0.25, -0.2) is 9.59 Å². The number of carbonyl (C=O) groups excluding carboxylic acids is 4. The first kappa shape index (κ1) is 25.0. The quantitative estimate of drug-likeness (QED) is 0.211. The predicted octanol–water partition coefficient (Wildman–Crippen LogP) is 2.24. The van der Waals surface area contributed by atoms with Crippen molar-refractivity contribution in [1.29, 1.82) is 0 Å². The molecule has 0 radical (unpaired) electrons. The van der Waals surface area contributed by atoms with Crippen LogP contribution in [-0.2, 0) is 24.1 Å². The first-order valence-electron chi connectivity index (χ1n) is 10.5. The Morgan fingerprint density at radius 1 is 1.12 bits per heavy atom. The van der Waals surface area contributed by atoms with Gasteiger partial charge in [-0.3, -0.25) is 14.5 Å². The highest BCUT2D eigenvalue weighted by Gasteiger charge is 2.28. The van der Waals surface area contributed by atoms with Gasteiger partial charge in [0.25, 0.3) is 0 Å². The Morgan fingerprint density at radius 3 is 2.28 bits per heavy atom. The van der Waals surface area contributed by atoms with Crippen molar-refractivity contribution in [2.75, 3.05) is 20.2 Å². The van der Waals surface area contributed by atoms with Crippen LogP contribution < -0.4 is 5.73 Å². The Balaban J connectivity index is 1.85. The third-order valence-electron chi connectivity index (χ3n) is 5.12. The molecule has 0 aromatic heterocycles. The number of Topliss-reactive ketones (excluding diaryl/α,β-unsaturated/α-hetero) is 1. The maximum absolute atomic E-state index is 12.7. The van der Waals surface area contributed by atoms with Gasteiger partial charge in [-0.1, -0.05) is 38.1 Å². The SMILES string of the molecule is CCC(=O)OOC1CCN(C(=O)C(C)CC(=O)c2ccc(/C(N)=N\C(=O)OC)cc2)CC1. The number of methoxy groups -OCH3 is 1. The maximum Gasteiger partial charge on any atom is 0.435 e. The Labute approximate surface area is 186 Å². The third-order valence-corrected chi connectivity index (χ3v) is 5.12. The van der Waals surface area contributed by atoms with Crippen molar-refractivity contribution in [3.8, 4) is 0 Å². The highest BCUT2D eigenvalue weighted by atomic mass is 17.2. The fourth-order valence-electron chi connectivity index (χ4n) is 3.18. The number of nitrogens with two attached hydrogens (primary N) is 1. The molecule has 1 aliphatic rings. The van der Waals surface area contributed by atoms with Crippen molar-refractivity contribution < 1.29 is 33.7 Å². The molecule has 1 atom stereocenters. The van der Waals surface area contributed by atoms with E-state index in [2.05, 4.69) is 9.73 Å². The zero-order valence-electron chi connectivity index (χ0n) is 18.5. The molecule has 10 nitrogen and oxygen atoms in total. The number of nitrogens with zero attached hydrogens (tertiary/aromatic N) is 2. The molecule has 0 bridgehead atoms. The summed E-state index contributed by atoms with van der Waals surface area (Å²) in [6.07, 6.45) is 0.362. The van der Waals surface area contributed by atoms with Crippen molar-refractivity contribution in [1.82, 2.24) is 4.90 Å². The van der Waals surface area contributed by atoms with Gasteiger partial charge in [-0.2, -0.15) is 9.88 Å². The van der Waals surface area contributed by atoms with Gasteiger partial charge < -0.3 is 15.4 Å². The van der Waals surface area contributed by atoms with Crippen LogP contribution in [0.4, 0.5) is 4.79 Å². The average Bonchev–Trinajstić information content (AvgIpc) is 2.82. The molecule has 0 saturated carbocycles. The smallest absolute Gasteiger partial charge is 0.435 e. The van der Waals surface area contributed by atoms with E-state index in [1.54, 1.807) is 43.0 Å². The third kappa shape index (κ3) is 7.16. The summed E-state index contributed by atoms with van der Waals surface area (Å²) in [6, 6.07) is 6.32. The summed E-state index contributed by atoms with van der Waals surface area (Å²) in [6.45, 7) is 4.35. The molecule has 1 fully saturated rings. The van der Waals surface area contributed by atoms with E-state index in [0.717, 1.165) is 0 Å². The molecular weight excluding hydrogens is 418 g/mol. The van der Waals surface area contributed by atoms with E-state index in [1.165, 1.54) is 7.11 Å². The topological polar surface area (TPSA) is 138 Å². The number of ether oxygens (including phenoxy) is 1. The monoisotopic (exact) mass is 447 g/mol. The predicted molar refractivity (Wildman–Crippen MR) is 115 cm³/mol. The Bertz CT molecular complexity index is 859. The van der Waals surface area contributed by atoms with E-state index in [1.807, 2.05) is 0 Å². The summed E-state index contributed by atoms with van der Waals surface area (Å²) < 4.78 is 4.43. The van der Waals surface area contributed by atoms with Gasteiger partial charge in [-0.05, 0) is 12.8 Å². The first-order valence-corrected chi connectivity index (χ1v) is 10.5. The van der Waals surface area contributed by atoms with E-state index in [9.17, 15) is 19.2 Å². The normalized spacial score (nSPS) is 15.7. The van der Waals surface area contributed by atoms with E-state index < -0.39 is 18.0 Å². The molecule has 0 spiro atoms. The Kier molecular flexibility index (Phi) is 9.33. The number of benzene rings is 1. The van der Waals surface area contributed by atoms with E-state index in [4.69, 9.17) is 15.5 Å². The van der Waals surface area contributed by atoms with Gasteiger partial charge in [0.05, 0.1) is 7.11 Å².